The lowest BCUT2D eigenvalue weighted by Gasteiger charge is -2.27. The lowest BCUT2D eigenvalue weighted by molar-refractivity contribution is -0.118. The Bertz CT molecular complexity index is 936. The average molecular weight is 364 g/mol. The molecule has 0 spiro atoms. The van der Waals surface area contributed by atoms with E-state index >= 15 is 0 Å². The van der Waals surface area contributed by atoms with E-state index in [4.69, 9.17) is 9.47 Å². The second-order valence-corrected chi connectivity index (χ2v) is 6.18. The van der Waals surface area contributed by atoms with Crippen LogP contribution in [0.3, 0.4) is 0 Å². The zero-order valence-electron chi connectivity index (χ0n) is 14.8. The fraction of sp³-hybridized carbons (Fsp3) is 0.250. The predicted octanol–water partition coefficient (Wildman–Crippen LogP) is 2.48. The summed E-state index contributed by atoms with van der Waals surface area (Å²) >= 11 is 0. The van der Waals surface area contributed by atoms with E-state index in [0.717, 1.165) is 29.7 Å². The van der Waals surface area contributed by atoms with Crippen molar-refractivity contribution in [2.75, 3.05) is 43.1 Å². The molecule has 138 valence electrons. The molecule has 0 radical (unpaired) electrons. The molecule has 2 heterocycles. The Kier molecular flexibility index (Phi) is 5.11. The van der Waals surface area contributed by atoms with Crippen molar-refractivity contribution in [1.29, 1.82) is 0 Å². The molecule has 4 rings (SSSR count). The number of benzene rings is 2. The lowest BCUT2D eigenvalue weighted by atomic mass is 10.1. The van der Waals surface area contributed by atoms with Crippen LogP contribution in [0.1, 0.15) is 0 Å². The molecule has 3 aromatic rings. The van der Waals surface area contributed by atoms with Crippen molar-refractivity contribution in [3.63, 3.8) is 0 Å². The molecule has 0 unspecified atom stereocenters. The smallest absolute Gasteiger partial charge is 0.263 e. The number of hydrogen-bond acceptors (Lipinski definition) is 6. The second kappa shape index (κ2) is 8.01. The van der Waals surface area contributed by atoms with Gasteiger partial charge in [-0.3, -0.25) is 4.79 Å². The van der Waals surface area contributed by atoms with Gasteiger partial charge in [0.05, 0.1) is 13.2 Å². The zero-order valence-corrected chi connectivity index (χ0v) is 14.8. The number of aromatic nitrogens is 2. The van der Waals surface area contributed by atoms with E-state index in [1.54, 1.807) is 6.07 Å². The van der Waals surface area contributed by atoms with Gasteiger partial charge in [-0.25, -0.2) is 9.97 Å². The number of fused-ring (bicyclic) bond motifs is 1. The maximum Gasteiger partial charge on any atom is 0.263 e. The number of amides is 1. The number of nitrogens with zero attached hydrogens (tertiary/aromatic N) is 3. The molecule has 1 aliphatic heterocycles. The molecular weight excluding hydrogens is 344 g/mol. The predicted molar refractivity (Wildman–Crippen MR) is 103 cm³/mol. The van der Waals surface area contributed by atoms with Gasteiger partial charge in [-0.15, -0.1) is 0 Å². The summed E-state index contributed by atoms with van der Waals surface area (Å²) in [6, 6.07) is 15.4. The van der Waals surface area contributed by atoms with Gasteiger partial charge in [-0.1, -0.05) is 36.4 Å². The molecule has 7 heteroatoms. The third-order valence-electron chi connectivity index (χ3n) is 4.36. The van der Waals surface area contributed by atoms with Gasteiger partial charge in [0.25, 0.3) is 5.91 Å². The van der Waals surface area contributed by atoms with Crippen LogP contribution in [0.5, 0.6) is 5.75 Å². The quantitative estimate of drug-likeness (QED) is 0.750. The van der Waals surface area contributed by atoms with Gasteiger partial charge in [-0.2, -0.15) is 0 Å². The standard InChI is InChI=1S/C20H20N4O3/c25-20(13-27-17-7-3-5-15-4-1-2-6-16(15)17)23-18-12-19(22-14-21-18)24-8-10-26-11-9-24/h1-7,12,14H,8-11,13H2,(H,21,22,23,25). The van der Waals surface area contributed by atoms with Crippen LogP contribution in [0, 0.1) is 0 Å². The minimum Gasteiger partial charge on any atom is -0.483 e. The Hall–Kier alpha value is -3.19. The number of hydrogen-bond donors (Lipinski definition) is 1. The first-order valence-electron chi connectivity index (χ1n) is 8.85. The van der Waals surface area contributed by atoms with E-state index in [9.17, 15) is 4.79 Å². The molecule has 1 aliphatic rings. The average Bonchev–Trinajstić information content (AvgIpc) is 2.73. The fourth-order valence-corrected chi connectivity index (χ4v) is 3.02. The number of morpholine rings is 1. The Morgan fingerprint density at radius 1 is 1.11 bits per heavy atom. The lowest BCUT2D eigenvalue weighted by Crippen LogP contribution is -2.36. The zero-order chi connectivity index (χ0) is 18.5. The number of carbonyl (C=O) groups is 1. The third-order valence-corrected chi connectivity index (χ3v) is 4.36. The van der Waals surface area contributed by atoms with Gasteiger partial charge < -0.3 is 19.7 Å². The Labute approximate surface area is 156 Å². The highest BCUT2D eigenvalue weighted by Gasteiger charge is 2.14. The monoisotopic (exact) mass is 364 g/mol. The molecule has 0 bridgehead atoms. The number of carbonyl (C=O) groups excluding carboxylic acids is 1. The summed E-state index contributed by atoms with van der Waals surface area (Å²) in [7, 11) is 0. The SMILES string of the molecule is O=C(COc1cccc2ccccc12)Nc1cc(N2CCOCC2)ncn1. The van der Waals surface area contributed by atoms with Crippen LogP contribution in [0.2, 0.25) is 0 Å². The summed E-state index contributed by atoms with van der Waals surface area (Å²) in [5, 5.41) is 4.81. The first kappa shape index (κ1) is 17.2. The first-order chi connectivity index (χ1) is 13.3. The summed E-state index contributed by atoms with van der Waals surface area (Å²) in [6.07, 6.45) is 1.45. The second-order valence-electron chi connectivity index (χ2n) is 6.18. The van der Waals surface area contributed by atoms with Crippen LogP contribution in [0.15, 0.2) is 54.9 Å². The maximum absolute atomic E-state index is 12.3. The van der Waals surface area contributed by atoms with E-state index in [-0.39, 0.29) is 12.5 Å². The third kappa shape index (κ3) is 4.15. The van der Waals surface area contributed by atoms with E-state index in [0.29, 0.717) is 24.8 Å². The van der Waals surface area contributed by atoms with Crippen LogP contribution in [0.25, 0.3) is 10.8 Å². The molecule has 7 nitrogen and oxygen atoms in total. The number of rotatable bonds is 5. The Morgan fingerprint density at radius 2 is 1.93 bits per heavy atom. The van der Waals surface area contributed by atoms with Crippen molar-refractivity contribution in [3.8, 4) is 5.75 Å². The molecule has 1 aromatic heterocycles. The van der Waals surface area contributed by atoms with Crippen LogP contribution >= 0.6 is 0 Å². The molecule has 1 fully saturated rings. The Balaban J connectivity index is 1.39. The largest absolute Gasteiger partial charge is 0.483 e. The normalized spacial score (nSPS) is 14.1. The summed E-state index contributed by atoms with van der Waals surface area (Å²) in [4.78, 5) is 22.8. The van der Waals surface area contributed by atoms with Gasteiger partial charge in [0.15, 0.2) is 6.61 Å². The molecule has 1 saturated heterocycles. The minimum absolute atomic E-state index is 0.0924. The van der Waals surface area contributed by atoms with Gasteiger partial charge in [0.1, 0.15) is 23.7 Å². The van der Waals surface area contributed by atoms with Crippen LogP contribution in [-0.4, -0.2) is 48.8 Å². The summed E-state index contributed by atoms with van der Waals surface area (Å²) in [6.45, 7) is 2.79. The summed E-state index contributed by atoms with van der Waals surface area (Å²) < 4.78 is 11.1. The van der Waals surface area contributed by atoms with E-state index in [2.05, 4.69) is 20.2 Å². The van der Waals surface area contributed by atoms with Gasteiger partial charge in [0, 0.05) is 24.5 Å². The molecule has 0 aliphatic carbocycles. The molecule has 27 heavy (non-hydrogen) atoms. The molecule has 0 saturated carbocycles. The van der Waals surface area contributed by atoms with Crippen molar-refractivity contribution in [3.05, 3.63) is 54.9 Å². The highest BCUT2D eigenvalue weighted by molar-refractivity contribution is 5.92. The van der Waals surface area contributed by atoms with E-state index in [1.807, 2.05) is 42.5 Å². The molecule has 0 atom stereocenters. The molecular formula is C20H20N4O3. The number of ether oxygens (including phenoxy) is 2. The summed E-state index contributed by atoms with van der Waals surface area (Å²) in [5.74, 6) is 1.64. The summed E-state index contributed by atoms with van der Waals surface area (Å²) in [5.41, 5.74) is 0. The Morgan fingerprint density at radius 3 is 2.81 bits per heavy atom. The van der Waals surface area contributed by atoms with Crippen molar-refractivity contribution in [2.24, 2.45) is 0 Å². The van der Waals surface area contributed by atoms with Gasteiger partial charge >= 0.3 is 0 Å². The van der Waals surface area contributed by atoms with Gasteiger partial charge in [-0.05, 0) is 11.5 Å². The first-order valence-corrected chi connectivity index (χ1v) is 8.85. The van der Waals surface area contributed by atoms with Crippen LogP contribution in [0.4, 0.5) is 11.6 Å². The van der Waals surface area contributed by atoms with Crippen molar-refractivity contribution in [2.45, 2.75) is 0 Å². The topological polar surface area (TPSA) is 76.6 Å². The molecule has 1 N–H and O–H groups in total. The number of anilines is 2. The molecule has 1 amide bonds. The maximum atomic E-state index is 12.3. The number of nitrogens with one attached hydrogen (secondary N) is 1. The van der Waals surface area contributed by atoms with E-state index in [1.165, 1.54) is 6.33 Å². The highest BCUT2D eigenvalue weighted by Crippen LogP contribution is 2.25. The fourth-order valence-electron chi connectivity index (χ4n) is 3.02. The van der Waals surface area contributed by atoms with Gasteiger partial charge in [0.2, 0.25) is 0 Å². The van der Waals surface area contributed by atoms with E-state index < -0.39 is 0 Å². The van der Waals surface area contributed by atoms with Crippen LogP contribution < -0.4 is 15.0 Å². The minimum atomic E-state index is -0.269. The van der Waals surface area contributed by atoms with Crippen molar-refractivity contribution < 1.29 is 14.3 Å². The highest BCUT2D eigenvalue weighted by atomic mass is 16.5. The molecule has 2 aromatic carbocycles. The van der Waals surface area contributed by atoms with Crippen molar-refractivity contribution >= 4 is 28.3 Å². The van der Waals surface area contributed by atoms with Crippen LogP contribution in [-0.2, 0) is 9.53 Å². The van der Waals surface area contributed by atoms with Crippen molar-refractivity contribution in [1.82, 2.24) is 9.97 Å².